The Morgan fingerprint density at radius 3 is 2.67 bits per heavy atom. The molecule has 2 N–H and O–H groups in total. The van der Waals surface area contributed by atoms with Crippen LogP contribution in [0.3, 0.4) is 0 Å². The Morgan fingerprint density at radius 2 is 2.10 bits per heavy atom. The van der Waals surface area contributed by atoms with Crippen LogP contribution in [-0.4, -0.2) is 30.3 Å². The number of aliphatic imine (C=N–C) groups is 1. The third-order valence-corrected chi connectivity index (χ3v) is 3.07. The molecular weight excluding hydrogens is 270 g/mol. The van der Waals surface area contributed by atoms with Crippen LogP contribution in [0.1, 0.15) is 16.4 Å². The average Bonchev–Trinajstić information content (AvgIpc) is 3.16. The second-order valence-corrected chi connectivity index (χ2v) is 4.42. The van der Waals surface area contributed by atoms with Crippen LogP contribution in [0.4, 0.5) is 0 Å². The molecule has 2 heterocycles. The van der Waals surface area contributed by atoms with E-state index in [-0.39, 0.29) is 5.69 Å². The van der Waals surface area contributed by atoms with Crippen LogP contribution in [0, 0.1) is 0 Å². The molecular formula is C15H13N3O3. The summed E-state index contributed by atoms with van der Waals surface area (Å²) >= 11 is 0. The number of aromatic nitrogens is 1. The standard InChI is InChI=1S/C15H13N3O3/c1-20-10-6-4-9(5-7-10)13-12(14(16)19)18-15(21-13)11-3-2-8-17-11/h2-7H,8H2,1H3,(H2,16,19). The van der Waals surface area contributed by atoms with Crippen molar-refractivity contribution in [3.05, 3.63) is 48.0 Å². The van der Waals surface area contributed by atoms with Crippen molar-refractivity contribution < 1.29 is 13.9 Å². The number of hydrogen-bond donors (Lipinski definition) is 1. The zero-order valence-electron chi connectivity index (χ0n) is 11.4. The first-order chi connectivity index (χ1) is 10.2. The minimum Gasteiger partial charge on any atom is -0.497 e. The van der Waals surface area contributed by atoms with E-state index >= 15 is 0 Å². The zero-order chi connectivity index (χ0) is 14.8. The van der Waals surface area contributed by atoms with Crippen LogP contribution in [-0.2, 0) is 0 Å². The molecule has 1 aromatic carbocycles. The number of benzene rings is 1. The van der Waals surface area contributed by atoms with E-state index < -0.39 is 5.91 Å². The first kappa shape index (κ1) is 13.1. The number of primary amides is 1. The van der Waals surface area contributed by atoms with Gasteiger partial charge in [-0.3, -0.25) is 9.79 Å². The van der Waals surface area contributed by atoms with Crippen molar-refractivity contribution in [3.8, 4) is 17.1 Å². The minimum absolute atomic E-state index is 0.0955. The van der Waals surface area contributed by atoms with Gasteiger partial charge in [0, 0.05) is 5.56 Å². The number of carbonyl (C=O) groups excluding carboxylic acids is 1. The number of amides is 1. The van der Waals surface area contributed by atoms with E-state index in [4.69, 9.17) is 14.9 Å². The molecule has 0 bridgehead atoms. The predicted molar refractivity (Wildman–Crippen MR) is 77.6 cm³/mol. The fourth-order valence-electron chi connectivity index (χ4n) is 2.04. The number of ether oxygens (including phenoxy) is 1. The lowest BCUT2D eigenvalue weighted by Gasteiger charge is -2.01. The van der Waals surface area contributed by atoms with Crippen LogP contribution in [0.2, 0.25) is 0 Å². The lowest BCUT2D eigenvalue weighted by Crippen LogP contribution is -2.13. The largest absolute Gasteiger partial charge is 0.497 e. The second kappa shape index (κ2) is 5.24. The highest BCUT2D eigenvalue weighted by molar-refractivity contribution is 6.08. The lowest BCUT2D eigenvalue weighted by molar-refractivity contribution is 0.0996. The molecule has 1 aliphatic heterocycles. The van der Waals surface area contributed by atoms with E-state index in [0.29, 0.717) is 35.2 Å². The van der Waals surface area contributed by atoms with Crippen LogP contribution in [0.15, 0.2) is 45.8 Å². The number of nitrogens with zero attached hydrogens (tertiary/aromatic N) is 2. The second-order valence-electron chi connectivity index (χ2n) is 4.42. The fourth-order valence-corrected chi connectivity index (χ4v) is 2.04. The highest BCUT2D eigenvalue weighted by Gasteiger charge is 2.21. The molecule has 2 aromatic rings. The van der Waals surface area contributed by atoms with E-state index in [9.17, 15) is 4.79 Å². The Labute approximate surface area is 121 Å². The molecule has 0 saturated heterocycles. The third kappa shape index (κ3) is 2.43. The summed E-state index contributed by atoms with van der Waals surface area (Å²) < 4.78 is 10.8. The maximum absolute atomic E-state index is 11.6. The molecule has 1 aliphatic rings. The van der Waals surface area contributed by atoms with Gasteiger partial charge >= 0.3 is 0 Å². The topological polar surface area (TPSA) is 90.7 Å². The van der Waals surface area contributed by atoms with Crippen molar-refractivity contribution >= 4 is 11.6 Å². The molecule has 106 valence electrons. The summed E-state index contributed by atoms with van der Waals surface area (Å²) in [6.45, 7) is 0.585. The minimum atomic E-state index is -0.640. The normalized spacial score (nSPS) is 13.3. The van der Waals surface area contributed by atoms with E-state index in [1.54, 1.807) is 37.5 Å². The van der Waals surface area contributed by atoms with E-state index in [0.717, 1.165) is 0 Å². The molecule has 0 aliphatic carbocycles. The van der Waals surface area contributed by atoms with Crippen molar-refractivity contribution in [1.29, 1.82) is 0 Å². The molecule has 6 heteroatoms. The Hall–Kier alpha value is -2.89. The van der Waals surface area contributed by atoms with Gasteiger partial charge in [0.2, 0.25) is 5.89 Å². The zero-order valence-corrected chi connectivity index (χ0v) is 11.4. The van der Waals surface area contributed by atoms with Gasteiger partial charge < -0.3 is 14.9 Å². The summed E-state index contributed by atoms with van der Waals surface area (Å²) in [5.74, 6) is 0.701. The van der Waals surface area contributed by atoms with Crippen molar-refractivity contribution in [2.75, 3.05) is 13.7 Å². The van der Waals surface area contributed by atoms with Crippen LogP contribution in [0.5, 0.6) is 5.75 Å². The van der Waals surface area contributed by atoms with Gasteiger partial charge in [-0.15, -0.1) is 0 Å². The molecule has 0 spiro atoms. The Balaban J connectivity index is 2.07. The van der Waals surface area contributed by atoms with Crippen molar-refractivity contribution in [3.63, 3.8) is 0 Å². The van der Waals surface area contributed by atoms with E-state index in [1.165, 1.54) is 0 Å². The number of nitrogens with two attached hydrogens (primary N) is 1. The molecule has 1 aromatic heterocycles. The number of allylic oxidation sites excluding steroid dienone is 1. The molecule has 1 amide bonds. The van der Waals surface area contributed by atoms with Gasteiger partial charge in [0.05, 0.1) is 13.7 Å². The first-order valence-electron chi connectivity index (χ1n) is 6.35. The van der Waals surface area contributed by atoms with Gasteiger partial charge in [-0.25, -0.2) is 4.98 Å². The van der Waals surface area contributed by atoms with Gasteiger partial charge in [-0.2, -0.15) is 0 Å². The number of rotatable bonds is 4. The van der Waals surface area contributed by atoms with Crippen LogP contribution < -0.4 is 10.5 Å². The summed E-state index contributed by atoms with van der Waals surface area (Å²) in [5, 5.41) is 0. The quantitative estimate of drug-likeness (QED) is 0.926. The fraction of sp³-hybridized carbons (Fsp3) is 0.133. The van der Waals surface area contributed by atoms with Gasteiger partial charge in [-0.1, -0.05) is 6.08 Å². The van der Waals surface area contributed by atoms with Gasteiger partial charge in [-0.05, 0) is 30.3 Å². The smallest absolute Gasteiger partial charge is 0.271 e. The highest BCUT2D eigenvalue weighted by atomic mass is 16.5. The molecule has 0 radical (unpaired) electrons. The molecule has 0 saturated carbocycles. The Bertz CT molecular complexity index is 742. The maximum Gasteiger partial charge on any atom is 0.271 e. The summed E-state index contributed by atoms with van der Waals surface area (Å²) in [4.78, 5) is 19.9. The summed E-state index contributed by atoms with van der Waals surface area (Å²) in [7, 11) is 1.58. The van der Waals surface area contributed by atoms with Crippen molar-refractivity contribution in [1.82, 2.24) is 4.98 Å². The number of carbonyl (C=O) groups is 1. The van der Waals surface area contributed by atoms with Crippen molar-refractivity contribution in [2.45, 2.75) is 0 Å². The first-order valence-corrected chi connectivity index (χ1v) is 6.35. The molecule has 6 nitrogen and oxygen atoms in total. The molecule has 0 atom stereocenters. The highest BCUT2D eigenvalue weighted by Crippen LogP contribution is 2.27. The number of oxazole rings is 1. The molecule has 0 unspecified atom stereocenters. The Morgan fingerprint density at radius 1 is 1.33 bits per heavy atom. The summed E-state index contributed by atoms with van der Waals surface area (Å²) in [5.41, 5.74) is 6.78. The van der Waals surface area contributed by atoms with Crippen molar-refractivity contribution in [2.24, 2.45) is 10.7 Å². The van der Waals surface area contributed by atoms with Gasteiger partial charge in [0.25, 0.3) is 5.91 Å². The summed E-state index contributed by atoms with van der Waals surface area (Å²) in [6.07, 6.45) is 3.69. The van der Waals surface area contributed by atoms with Crippen LogP contribution in [0.25, 0.3) is 11.3 Å². The molecule has 3 rings (SSSR count). The van der Waals surface area contributed by atoms with E-state index in [2.05, 4.69) is 9.98 Å². The summed E-state index contributed by atoms with van der Waals surface area (Å²) in [6, 6.07) is 7.11. The predicted octanol–water partition coefficient (Wildman–Crippen LogP) is 1.81. The molecule has 0 fully saturated rings. The number of hydrogen-bond acceptors (Lipinski definition) is 5. The SMILES string of the molecule is COc1ccc(-c2oc(C3=NCC=C3)nc2C(N)=O)cc1. The van der Waals surface area contributed by atoms with E-state index in [1.807, 2.05) is 6.08 Å². The van der Waals surface area contributed by atoms with Gasteiger partial charge in [0.15, 0.2) is 11.5 Å². The maximum atomic E-state index is 11.6. The average molecular weight is 283 g/mol. The van der Waals surface area contributed by atoms with Crippen LogP contribution >= 0.6 is 0 Å². The third-order valence-electron chi connectivity index (χ3n) is 3.07. The number of methoxy groups -OCH3 is 1. The monoisotopic (exact) mass is 283 g/mol. The lowest BCUT2D eigenvalue weighted by atomic mass is 10.1. The Kier molecular flexibility index (Phi) is 3.27. The van der Waals surface area contributed by atoms with Gasteiger partial charge in [0.1, 0.15) is 11.5 Å². The molecule has 21 heavy (non-hydrogen) atoms.